The molecule has 2 N–H and O–H groups in total. The summed E-state index contributed by atoms with van der Waals surface area (Å²) < 4.78 is 0. The summed E-state index contributed by atoms with van der Waals surface area (Å²) in [5.74, 6) is -0.245. The van der Waals surface area contributed by atoms with Crippen molar-refractivity contribution < 1.29 is 4.79 Å². The van der Waals surface area contributed by atoms with E-state index in [1.165, 1.54) is 18.3 Å². The number of carbonyl (C=O) groups is 1. The van der Waals surface area contributed by atoms with Gasteiger partial charge in [-0.25, -0.2) is 0 Å². The van der Waals surface area contributed by atoms with Gasteiger partial charge in [-0.3, -0.25) is 9.59 Å². The Kier molecular flexibility index (Phi) is 3.05. The first kappa shape index (κ1) is 11.1. The van der Waals surface area contributed by atoms with Crippen molar-refractivity contribution in [1.82, 2.24) is 4.98 Å². The number of pyridine rings is 1. The standard InChI is InChI=1S/C13H12N2O2/c1-9-2-5-11(6-3-9)15-13(17)10-4-7-12(16)14-8-10/h2-8H,1H3,(H,14,16)(H,15,17). The van der Waals surface area contributed by atoms with Gasteiger partial charge in [0.2, 0.25) is 5.56 Å². The Morgan fingerprint density at radius 1 is 1.12 bits per heavy atom. The summed E-state index contributed by atoms with van der Waals surface area (Å²) in [4.78, 5) is 25.1. The van der Waals surface area contributed by atoms with Crippen molar-refractivity contribution in [3.05, 3.63) is 64.1 Å². The van der Waals surface area contributed by atoms with E-state index in [4.69, 9.17) is 0 Å². The molecule has 0 saturated heterocycles. The smallest absolute Gasteiger partial charge is 0.257 e. The number of nitrogens with one attached hydrogen (secondary N) is 2. The van der Waals surface area contributed by atoms with E-state index in [-0.39, 0.29) is 11.5 Å². The Balaban J connectivity index is 2.14. The lowest BCUT2D eigenvalue weighted by Gasteiger charge is -2.04. The molecule has 0 radical (unpaired) electrons. The zero-order valence-electron chi connectivity index (χ0n) is 9.36. The molecular formula is C13H12N2O2. The molecule has 0 bridgehead atoms. The first-order valence-electron chi connectivity index (χ1n) is 5.22. The molecule has 1 aromatic carbocycles. The van der Waals surface area contributed by atoms with Crippen molar-refractivity contribution in [2.45, 2.75) is 6.92 Å². The van der Waals surface area contributed by atoms with Crippen LogP contribution < -0.4 is 10.9 Å². The number of amides is 1. The van der Waals surface area contributed by atoms with Crippen LogP contribution in [0, 0.1) is 6.92 Å². The number of hydrogen-bond donors (Lipinski definition) is 2. The molecule has 0 unspecified atom stereocenters. The van der Waals surface area contributed by atoms with Gasteiger partial charge in [0, 0.05) is 18.0 Å². The average molecular weight is 228 g/mol. The molecule has 0 aliphatic carbocycles. The normalized spacial score (nSPS) is 9.94. The van der Waals surface area contributed by atoms with E-state index in [1.54, 1.807) is 0 Å². The highest BCUT2D eigenvalue weighted by molar-refractivity contribution is 6.03. The number of anilines is 1. The van der Waals surface area contributed by atoms with E-state index in [9.17, 15) is 9.59 Å². The fourth-order valence-electron chi connectivity index (χ4n) is 1.39. The second-order valence-electron chi connectivity index (χ2n) is 3.76. The van der Waals surface area contributed by atoms with Gasteiger partial charge in [-0.05, 0) is 25.1 Å². The second kappa shape index (κ2) is 4.65. The van der Waals surface area contributed by atoms with Gasteiger partial charge in [0.25, 0.3) is 5.91 Å². The molecule has 0 aliphatic rings. The fraction of sp³-hybridized carbons (Fsp3) is 0.0769. The highest BCUT2D eigenvalue weighted by atomic mass is 16.1. The third-order valence-corrected chi connectivity index (χ3v) is 2.36. The monoisotopic (exact) mass is 228 g/mol. The largest absolute Gasteiger partial charge is 0.328 e. The number of aryl methyl sites for hydroxylation is 1. The first-order valence-corrected chi connectivity index (χ1v) is 5.22. The molecule has 0 fully saturated rings. The number of carbonyl (C=O) groups excluding carboxylic acids is 1. The van der Waals surface area contributed by atoms with Crippen LogP contribution in [0.5, 0.6) is 0 Å². The zero-order valence-corrected chi connectivity index (χ0v) is 9.36. The molecule has 1 heterocycles. The van der Waals surface area contributed by atoms with E-state index in [0.29, 0.717) is 5.56 Å². The molecule has 1 aromatic heterocycles. The van der Waals surface area contributed by atoms with Crippen LogP contribution in [0.15, 0.2) is 47.4 Å². The SMILES string of the molecule is Cc1ccc(NC(=O)c2ccc(=O)[nH]c2)cc1. The Morgan fingerprint density at radius 3 is 2.41 bits per heavy atom. The summed E-state index contributed by atoms with van der Waals surface area (Å²) in [6.45, 7) is 1.98. The number of H-pyrrole nitrogens is 1. The molecule has 2 rings (SSSR count). The number of benzene rings is 1. The predicted molar refractivity (Wildman–Crippen MR) is 66.2 cm³/mol. The van der Waals surface area contributed by atoms with Crippen molar-refractivity contribution in [2.24, 2.45) is 0 Å². The molecular weight excluding hydrogens is 216 g/mol. The van der Waals surface area contributed by atoms with E-state index in [1.807, 2.05) is 31.2 Å². The van der Waals surface area contributed by atoms with Crippen molar-refractivity contribution in [3.63, 3.8) is 0 Å². The number of hydrogen-bond acceptors (Lipinski definition) is 2. The Morgan fingerprint density at radius 2 is 1.82 bits per heavy atom. The third-order valence-electron chi connectivity index (χ3n) is 2.36. The van der Waals surface area contributed by atoms with Crippen LogP contribution in [0.3, 0.4) is 0 Å². The molecule has 2 aromatic rings. The van der Waals surface area contributed by atoms with Gasteiger partial charge in [-0.2, -0.15) is 0 Å². The minimum atomic E-state index is -0.245. The van der Waals surface area contributed by atoms with Crippen LogP contribution in [-0.4, -0.2) is 10.9 Å². The molecule has 0 aliphatic heterocycles. The molecule has 0 spiro atoms. The van der Waals surface area contributed by atoms with Crippen LogP contribution in [0.4, 0.5) is 5.69 Å². The second-order valence-corrected chi connectivity index (χ2v) is 3.76. The van der Waals surface area contributed by atoms with Crippen LogP contribution in [-0.2, 0) is 0 Å². The van der Waals surface area contributed by atoms with Gasteiger partial charge >= 0.3 is 0 Å². The summed E-state index contributed by atoms with van der Waals surface area (Å²) in [6.07, 6.45) is 1.39. The predicted octanol–water partition coefficient (Wildman–Crippen LogP) is 1.94. The van der Waals surface area contributed by atoms with E-state index in [2.05, 4.69) is 10.3 Å². The van der Waals surface area contributed by atoms with Gasteiger partial charge in [0.15, 0.2) is 0 Å². The molecule has 4 nitrogen and oxygen atoms in total. The van der Waals surface area contributed by atoms with Crippen molar-refractivity contribution >= 4 is 11.6 Å². The Labute approximate surface area is 98.3 Å². The minimum absolute atomic E-state index is 0.225. The summed E-state index contributed by atoms with van der Waals surface area (Å²) in [5, 5.41) is 2.74. The third kappa shape index (κ3) is 2.81. The summed E-state index contributed by atoms with van der Waals surface area (Å²) >= 11 is 0. The minimum Gasteiger partial charge on any atom is -0.328 e. The molecule has 17 heavy (non-hydrogen) atoms. The Bertz CT molecular complexity index is 565. The van der Waals surface area contributed by atoms with Crippen LogP contribution in [0.1, 0.15) is 15.9 Å². The number of aromatic nitrogens is 1. The topological polar surface area (TPSA) is 62.0 Å². The maximum absolute atomic E-state index is 11.8. The molecule has 4 heteroatoms. The lowest BCUT2D eigenvalue weighted by molar-refractivity contribution is 0.102. The van der Waals surface area contributed by atoms with Gasteiger partial charge < -0.3 is 10.3 Å². The summed E-state index contributed by atoms with van der Waals surface area (Å²) in [6, 6.07) is 10.3. The van der Waals surface area contributed by atoms with Crippen molar-refractivity contribution in [3.8, 4) is 0 Å². The van der Waals surface area contributed by atoms with Gasteiger partial charge in [0.05, 0.1) is 5.56 Å². The van der Waals surface area contributed by atoms with E-state index in [0.717, 1.165) is 11.3 Å². The van der Waals surface area contributed by atoms with Gasteiger partial charge in [-0.15, -0.1) is 0 Å². The first-order chi connectivity index (χ1) is 8.15. The molecule has 86 valence electrons. The number of rotatable bonds is 2. The quantitative estimate of drug-likeness (QED) is 0.825. The van der Waals surface area contributed by atoms with Crippen molar-refractivity contribution in [1.29, 1.82) is 0 Å². The van der Waals surface area contributed by atoms with Crippen LogP contribution >= 0.6 is 0 Å². The molecule has 1 amide bonds. The van der Waals surface area contributed by atoms with Gasteiger partial charge in [-0.1, -0.05) is 17.7 Å². The highest BCUT2D eigenvalue weighted by Gasteiger charge is 2.05. The molecule has 0 atom stereocenters. The lowest BCUT2D eigenvalue weighted by Crippen LogP contribution is -2.14. The Hall–Kier alpha value is -2.36. The van der Waals surface area contributed by atoms with E-state index < -0.39 is 0 Å². The fourth-order valence-corrected chi connectivity index (χ4v) is 1.39. The van der Waals surface area contributed by atoms with Crippen molar-refractivity contribution in [2.75, 3.05) is 5.32 Å². The maximum Gasteiger partial charge on any atom is 0.257 e. The van der Waals surface area contributed by atoms with Gasteiger partial charge in [0.1, 0.15) is 0 Å². The maximum atomic E-state index is 11.8. The lowest BCUT2D eigenvalue weighted by atomic mass is 10.2. The average Bonchev–Trinajstić information content (AvgIpc) is 2.33. The number of aromatic amines is 1. The summed E-state index contributed by atoms with van der Waals surface area (Å²) in [5.41, 5.74) is 2.06. The highest BCUT2D eigenvalue weighted by Crippen LogP contribution is 2.09. The summed E-state index contributed by atoms with van der Waals surface area (Å²) in [7, 11) is 0. The van der Waals surface area contributed by atoms with E-state index >= 15 is 0 Å². The zero-order chi connectivity index (χ0) is 12.3. The van der Waals surface area contributed by atoms with Crippen LogP contribution in [0.25, 0.3) is 0 Å². The van der Waals surface area contributed by atoms with Crippen LogP contribution in [0.2, 0.25) is 0 Å². The molecule has 0 saturated carbocycles.